The van der Waals surface area contributed by atoms with Gasteiger partial charge in [0.05, 0.1) is 5.54 Å². The summed E-state index contributed by atoms with van der Waals surface area (Å²) in [7, 11) is 0. The van der Waals surface area contributed by atoms with Crippen molar-refractivity contribution < 1.29 is 18.0 Å². The molecule has 0 aliphatic heterocycles. The summed E-state index contributed by atoms with van der Waals surface area (Å²) in [5.74, 6) is -0.649. The van der Waals surface area contributed by atoms with Crippen molar-refractivity contribution in [3.8, 4) is 0 Å². The number of carbonyl (C=O) groups is 1. The summed E-state index contributed by atoms with van der Waals surface area (Å²) >= 11 is 0. The minimum Gasteiger partial charge on any atom is -0.399 e. The lowest BCUT2D eigenvalue weighted by atomic mass is 10.1. The molecule has 0 unspecified atom stereocenters. The van der Waals surface area contributed by atoms with Crippen LogP contribution in [0.5, 0.6) is 0 Å². The number of nitrogens with two attached hydrogens (primary N) is 1. The minimum absolute atomic E-state index is 0.0282. The maximum Gasteiger partial charge on any atom is 0.432 e. The number of aromatic amines is 1. The van der Waals surface area contributed by atoms with Gasteiger partial charge in [0.1, 0.15) is 5.69 Å². The first kappa shape index (κ1) is 19.3. The van der Waals surface area contributed by atoms with E-state index >= 15 is 0 Å². The molecule has 0 aliphatic carbocycles. The van der Waals surface area contributed by atoms with E-state index < -0.39 is 23.3 Å². The van der Waals surface area contributed by atoms with Crippen LogP contribution in [-0.2, 0) is 6.18 Å². The third-order valence-electron chi connectivity index (χ3n) is 2.98. The van der Waals surface area contributed by atoms with Crippen molar-refractivity contribution in [2.45, 2.75) is 32.5 Å². The smallest absolute Gasteiger partial charge is 0.399 e. The van der Waals surface area contributed by atoms with Crippen molar-refractivity contribution in [1.29, 1.82) is 0 Å². The molecule has 0 radical (unpaired) electrons. The fourth-order valence-electron chi connectivity index (χ4n) is 1.89. The first-order valence-corrected chi connectivity index (χ1v) is 7.60. The quantitative estimate of drug-likeness (QED) is 0.371. The van der Waals surface area contributed by atoms with Gasteiger partial charge >= 0.3 is 6.18 Å². The van der Waals surface area contributed by atoms with Crippen molar-refractivity contribution in [2.75, 3.05) is 11.1 Å². The normalized spacial score (nSPS) is 12.8. The molecule has 0 saturated heterocycles. The number of rotatable bonds is 2. The van der Waals surface area contributed by atoms with Gasteiger partial charge in [-0.2, -0.15) is 18.3 Å². The molecule has 0 spiro atoms. The number of guanidine groups is 1. The number of carbonyl (C=O) groups excluding carboxylic acids is 1. The van der Waals surface area contributed by atoms with Crippen LogP contribution >= 0.6 is 0 Å². The van der Waals surface area contributed by atoms with Crippen molar-refractivity contribution in [3.05, 3.63) is 41.6 Å². The number of nitrogens with zero attached hydrogens (tertiary/aromatic N) is 2. The topological polar surface area (TPSA) is 108 Å². The average Bonchev–Trinajstić information content (AvgIpc) is 2.94. The predicted octanol–water partition coefficient (Wildman–Crippen LogP) is 3.01. The molecule has 0 bridgehead atoms. The molecule has 0 aliphatic rings. The summed E-state index contributed by atoms with van der Waals surface area (Å²) in [6.45, 7) is 5.32. The monoisotopic (exact) mass is 368 g/mol. The van der Waals surface area contributed by atoms with E-state index in [1.54, 1.807) is 32.9 Å². The third kappa shape index (κ3) is 5.50. The number of nitrogen functional groups attached to an aromatic ring is 1. The van der Waals surface area contributed by atoms with Gasteiger partial charge in [-0.3, -0.25) is 15.2 Å². The lowest BCUT2D eigenvalue weighted by Crippen LogP contribution is -2.38. The van der Waals surface area contributed by atoms with Crippen LogP contribution in [0.2, 0.25) is 0 Å². The number of alkyl halides is 3. The Morgan fingerprint density at radius 1 is 1.19 bits per heavy atom. The maximum atomic E-state index is 12.7. The summed E-state index contributed by atoms with van der Waals surface area (Å²) in [6, 6.07) is 6.96. The Hall–Kier alpha value is -3.04. The predicted molar refractivity (Wildman–Crippen MR) is 92.7 cm³/mol. The first-order chi connectivity index (χ1) is 11.9. The number of nitrogens with one attached hydrogen (secondary N) is 3. The van der Waals surface area contributed by atoms with Crippen molar-refractivity contribution in [1.82, 2.24) is 15.5 Å². The van der Waals surface area contributed by atoms with Gasteiger partial charge < -0.3 is 11.1 Å². The standard InChI is InChI=1S/C16H19F3N6O/c1-15(2,3)23-14(21-12-8-11(24-25-12)16(17,18)19)22-13(26)9-4-6-10(20)7-5-9/h4-8H,20H2,1-3H3,(H3,21,22,23,24,25,26). The summed E-state index contributed by atoms with van der Waals surface area (Å²) < 4.78 is 38.0. The van der Waals surface area contributed by atoms with Crippen LogP contribution in [0, 0.1) is 0 Å². The molecule has 0 atom stereocenters. The van der Waals surface area contributed by atoms with Gasteiger partial charge in [0.25, 0.3) is 5.91 Å². The molecule has 140 valence electrons. The van der Waals surface area contributed by atoms with Crippen LogP contribution < -0.4 is 16.4 Å². The van der Waals surface area contributed by atoms with E-state index in [9.17, 15) is 18.0 Å². The molecule has 1 heterocycles. The summed E-state index contributed by atoms with van der Waals surface area (Å²) in [5, 5.41) is 10.5. The zero-order valence-electron chi connectivity index (χ0n) is 14.4. The zero-order valence-corrected chi connectivity index (χ0v) is 14.4. The lowest BCUT2D eigenvalue weighted by molar-refractivity contribution is -0.141. The molecular formula is C16H19F3N6O. The second-order valence-electron chi connectivity index (χ2n) is 6.50. The number of H-pyrrole nitrogens is 1. The van der Waals surface area contributed by atoms with Crippen LogP contribution in [0.25, 0.3) is 0 Å². The highest BCUT2D eigenvalue weighted by molar-refractivity contribution is 6.09. The average molecular weight is 368 g/mol. The van der Waals surface area contributed by atoms with Gasteiger partial charge in [-0.25, -0.2) is 4.99 Å². The molecule has 10 heteroatoms. The Bertz CT molecular complexity index is 803. The molecule has 1 aromatic heterocycles. The Morgan fingerprint density at radius 3 is 2.31 bits per heavy atom. The second kappa shape index (κ2) is 7.06. The van der Waals surface area contributed by atoms with Gasteiger partial charge in [-0.05, 0) is 45.0 Å². The number of benzene rings is 1. The minimum atomic E-state index is -4.55. The van der Waals surface area contributed by atoms with E-state index in [0.717, 1.165) is 6.07 Å². The van der Waals surface area contributed by atoms with Gasteiger partial charge in [-0.1, -0.05) is 0 Å². The first-order valence-electron chi connectivity index (χ1n) is 7.60. The Balaban J connectivity index is 2.21. The largest absolute Gasteiger partial charge is 0.432 e. The van der Waals surface area contributed by atoms with Crippen molar-refractivity contribution >= 4 is 23.4 Å². The highest BCUT2D eigenvalue weighted by Gasteiger charge is 2.33. The zero-order chi connectivity index (χ0) is 19.5. The third-order valence-corrected chi connectivity index (χ3v) is 2.98. The number of hydrogen-bond acceptors (Lipinski definition) is 4. The number of hydrogen-bond donors (Lipinski definition) is 4. The molecule has 7 nitrogen and oxygen atoms in total. The number of halogens is 3. The van der Waals surface area contributed by atoms with Crippen LogP contribution in [0.3, 0.4) is 0 Å². The summed E-state index contributed by atoms with van der Waals surface area (Å²) in [6.07, 6.45) is -4.55. The lowest BCUT2D eigenvalue weighted by Gasteiger charge is -2.17. The Labute approximate surface area is 147 Å². The molecule has 5 N–H and O–H groups in total. The maximum absolute atomic E-state index is 12.7. The van der Waals surface area contributed by atoms with E-state index in [2.05, 4.69) is 20.7 Å². The molecule has 0 saturated carbocycles. The fourth-order valence-corrected chi connectivity index (χ4v) is 1.89. The van der Waals surface area contributed by atoms with E-state index in [-0.39, 0.29) is 11.8 Å². The van der Waals surface area contributed by atoms with Crippen molar-refractivity contribution in [3.63, 3.8) is 0 Å². The second-order valence-corrected chi connectivity index (χ2v) is 6.50. The highest BCUT2D eigenvalue weighted by atomic mass is 19.4. The number of aromatic nitrogens is 2. The van der Waals surface area contributed by atoms with Gasteiger partial charge in [0.15, 0.2) is 5.82 Å². The van der Waals surface area contributed by atoms with E-state index in [0.29, 0.717) is 11.3 Å². The molecule has 0 fully saturated rings. The molecule has 26 heavy (non-hydrogen) atoms. The summed E-state index contributed by atoms with van der Waals surface area (Å²) in [4.78, 5) is 16.6. The van der Waals surface area contributed by atoms with E-state index in [4.69, 9.17) is 5.73 Å². The Morgan fingerprint density at radius 2 is 1.81 bits per heavy atom. The van der Waals surface area contributed by atoms with Crippen LogP contribution in [-0.4, -0.2) is 27.6 Å². The van der Waals surface area contributed by atoms with Gasteiger partial charge in [0, 0.05) is 17.3 Å². The SMILES string of the molecule is CC(C)(C)N=C(NC(=O)c1ccc(N)cc1)Nc1cc(C(F)(F)F)[nH]n1. The highest BCUT2D eigenvalue weighted by Crippen LogP contribution is 2.28. The van der Waals surface area contributed by atoms with Crippen LogP contribution in [0.1, 0.15) is 36.8 Å². The summed E-state index contributed by atoms with van der Waals surface area (Å²) in [5.41, 5.74) is 4.79. The van der Waals surface area contributed by atoms with Gasteiger partial charge in [0.2, 0.25) is 5.96 Å². The molecule has 2 aromatic rings. The number of aliphatic imine (C=N–C) groups is 1. The fraction of sp³-hybridized carbons (Fsp3) is 0.312. The number of amides is 1. The van der Waals surface area contributed by atoms with Gasteiger partial charge in [-0.15, -0.1) is 0 Å². The molecule has 2 rings (SSSR count). The van der Waals surface area contributed by atoms with Crippen LogP contribution in [0.4, 0.5) is 24.7 Å². The van der Waals surface area contributed by atoms with Crippen LogP contribution in [0.15, 0.2) is 35.3 Å². The number of anilines is 2. The molecular weight excluding hydrogens is 349 g/mol. The Kier molecular flexibility index (Phi) is 5.24. The molecule has 1 aromatic carbocycles. The molecule has 1 amide bonds. The van der Waals surface area contributed by atoms with Crippen molar-refractivity contribution in [2.24, 2.45) is 4.99 Å². The van der Waals surface area contributed by atoms with E-state index in [1.807, 2.05) is 5.10 Å². The van der Waals surface area contributed by atoms with E-state index in [1.165, 1.54) is 12.1 Å².